The predicted octanol–water partition coefficient (Wildman–Crippen LogP) is 2.56. The Labute approximate surface area is 124 Å². The van der Waals surface area contributed by atoms with Crippen LogP contribution in [0.1, 0.15) is 24.0 Å². The molecule has 5 heteroatoms. The van der Waals surface area contributed by atoms with Crippen LogP contribution in [0.4, 0.5) is 11.6 Å². The van der Waals surface area contributed by atoms with Gasteiger partial charge in [0.15, 0.2) is 0 Å². The van der Waals surface area contributed by atoms with Gasteiger partial charge in [0.1, 0.15) is 17.7 Å². The Morgan fingerprint density at radius 1 is 1.10 bits per heavy atom. The summed E-state index contributed by atoms with van der Waals surface area (Å²) in [6.45, 7) is 2.89. The van der Waals surface area contributed by atoms with Crippen LogP contribution < -0.4 is 10.2 Å². The standard InChI is InChI=1S/C16H17N5/c17-9-13-3-5-15(18-10-13)19-11-14-4-6-16(20-12-14)21-7-1-2-8-21/h3-6,10,12H,1-2,7-8,11H2,(H,18,19). The van der Waals surface area contributed by atoms with Gasteiger partial charge in [-0.25, -0.2) is 9.97 Å². The van der Waals surface area contributed by atoms with Crippen molar-refractivity contribution in [2.75, 3.05) is 23.3 Å². The highest BCUT2D eigenvalue weighted by Gasteiger charge is 2.12. The molecule has 3 heterocycles. The van der Waals surface area contributed by atoms with Gasteiger partial charge in [-0.05, 0) is 36.6 Å². The van der Waals surface area contributed by atoms with E-state index in [0.29, 0.717) is 12.1 Å². The topological polar surface area (TPSA) is 64.8 Å². The molecule has 5 nitrogen and oxygen atoms in total. The second-order valence-electron chi connectivity index (χ2n) is 5.12. The summed E-state index contributed by atoms with van der Waals surface area (Å²) in [5.74, 6) is 1.82. The third-order valence-corrected chi connectivity index (χ3v) is 3.61. The number of pyridine rings is 2. The van der Waals surface area contributed by atoms with Gasteiger partial charge in [-0.3, -0.25) is 0 Å². The molecule has 21 heavy (non-hydrogen) atoms. The number of hydrogen-bond acceptors (Lipinski definition) is 5. The number of nitrogens with one attached hydrogen (secondary N) is 1. The van der Waals surface area contributed by atoms with Crippen LogP contribution in [0.2, 0.25) is 0 Å². The second-order valence-corrected chi connectivity index (χ2v) is 5.12. The summed E-state index contributed by atoms with van der Waals surface area (Å²) < 4.78 is 0. The summed E-state index contributed by atoms with van der Waals surface area (Å²) >= 11 is 0. The van der Waals surface area contributed by atoms with Crippen molar-refractivity contribution in [1.29, 1.82) is 5.26 Å². The fraction of sp³-hybridized carbons (Fsp3) is 0.312. The summed E-state index contributed by atoms with van der Waals surface area (Å²) in [5, 5.41) is 12.0. The highest BCUT2D eigenvalue weighted by Crippen LogP contribution is 2.17. The van der Waals surface area contributed by atoms with E-state index in [0.717, 1.165) is 30.3 Å². The molecule has 1 saturated heterocycles. The SMILES string of the molecule is N#Cc1ccc(NCc2ccc(N3CCCC3)nc2)nc1. The fourth-order valence-electron chi connectivity index (χ4n) is 2.41. The average molecular weight is 279 g/mol. The van der Waals surface area contributed by atoms with Crippen molar-refractivity contribution in [3.63, 3.8) is 0 Å². The van der Waals surface area contributed by atoms with Gasteiger partial charge in [0.2, 0.25) is 0 Å². The van der Waals surface area contributed by atoms with Crippen LogP contribution in [0.15, 0.2) is 36.7 Å². The fourth-order valence-corrected chi connectivity index (χ4v) is 2.41. The summed E-state index contributed by atoms with van der Waals surface area (Å²) in [6, 6.07) is 9.79. The van der Waals surface area contributed by atoms with Crippen LogP contribution in [0, 0.1) is 11.3 Å². The van der Waals surface area contributed by atoms with E-state index >= 15 is 0 Å². The first-order valence-corrected chi connectivity index (χ1v) is 7.15. The molecular weight excluding hydrogens is 262 g/mol. The Kier molecular flexibility index (Phi) is 3.97. The third-order valence-electron chi connectivity index (χ3n) is 3.61. The van der Waals surface area contributed by atoms with Crippen LogP contribution in [0.25, 0.3) is 0 Å². The molecule has 0 atom stereocenters. The number of rotatable bonds is 4. The maximum Gasteiger partial charge on any atom is 0.128 e. The lowest BCUT2D eigenvalue weighted by atomic mass is 10.2. The van der Waals surface area contributed by atoms with Crippen LogP contribution >= 0.6 is 0 Å². The molecule has 1 aliphatic heterocycles. The van der Waals surface area contributed by atoms with Gasteiger partial charge in [0, 0.05) is 32.0 Å². The normalized spacial score (nSPS) is 14.0. The molecule has 2 aromatic heterocycles. The molecular formula is C16H17N5. The number of anilines is 2. The van der Waals surface area contributed by atoms with Crippen molar-refractivity contribution in [2.45, 2.75) is 19.4 Å². The average Bonchev–Trinajstić information content (AvgIpc) is 3.08. The molecule has 0 radical (unpaired) electrons. The first kappa shape index (κ1) is 13.4. The molecule has 1 N–H and O–H groups in total. The number of hydrogen-bond donors (Lipinski definition) is 1. The first-order valence-electron chi connectivity index (χ1n) is 7.15. The van der Waals surface area contributed by atoms with E-state index in [1.54, 1.807) is 12.3 Å². The molecule has 0 unspecified atom stereocenters. The van der Waals surface area contributed by atoms with Gasteiger partial charge < -0.3 is 10.2 Å². The molecule has 0 aliphatic carbocycles. The first-order chi connectivity index (χ1) is 10.3. The molecule has 1 aliphatic rings. The monoisotopic (exact) mass is 279 g/mol. The Hall–Kier alpha value is -2.61. The van der Waals surface area contributed by atoms with Crippen molar-refractivity contribution < 1.29 is 0 Å². The van der Waals surface area contributed by atoms with Gasteiger partial charge >= 0.3 is 0 Å². The zero-order chi connectivity index (χ0) is 14.5. The van der Waals surface area contributed by atoms with Crippen molar-refractivity contribution in [1.82, 2.24) is 9.97 Å². The van der Waals surface area contributed by atoms with Gasteiger partial charge in [-0.2, -0.15) is 5.26 Å². The molecule has 3 rings (SSSR count). The molecule has 0 aromatic carbocycles. The van der Waals surface area contributed by atoms with Crippen molar-refractivity contribution in [3.8, 4) is 6.07 Å². The summed E-state index contributed by atoms with van der Waals surface area (Å²) in [7, 11) is 0. The smallest absolute Gasteiger partial charge is 0.128 e. The molecule has 0 saturated carbocycles. The molecule has 0 bridgehead atoms. The molecule has 2 aromatic rings. The molecule has 106 valence electrons. The van der Waals surface area contributed by atoms with E-state index in [4.69, 9.17) is 5.26 Å². The van der Waals surface area contributed by atoms with Crippen LogP contribution in [-0.2, 0) is 6.54 Å². The van der Waals surface area contributed by atoms with Gasteiger partial charge in [0.25, 0.3) is 0 Å². The molecule has 1 fully saturated rings. The summed E-state index contributed by atoms with van der Waals surface area (Å²) in [4.78, 5) is 11.0. The largest absolute Gasteiger partial charge is 0.366 e. The van der Waals surface area contributed by atoms with Gasteiger partial charge in [0.05, 0.1) is 5.56 Å². The van der Waals surface area contributed by atoms with E-state index < -0.39 is 0 Å². The van der Waals surface area contributed by atoms with E-state index in [-0.39, 0.29) is 0 Å². The maximum absolute atomic E-state index is 8.73. The second kappa shape index (κ2) is 6.23. The predicted molar refractivity (Wildman–Crippen MR) is 82.0 cm³/mol. The van der Waals surface area contributed by atoms with Crippen LogP contribution in [0.3, 0.4) is 0 Å². The Morgan fingerprint density at radius 3 is 2.57 bits per heavy atom. The van der Waals surface area contributed by atoms with Crippen LogP contribution in [-0.4, -0.2) is 23.1 Å². The van der Waals surface area contributed by atoms with E-state index in [1.807, 2.05) is 12.3 Å². The minimum atomic E-state index is 0.567. The molecule has 0 spiro atoms. The van der Waals surface area contributed by atoms with Crippen LogP contribution in [0.5, 0.6) is 0 Å². The minimum Gasteiger partial charge on any atom is -0.366 e. The quantitative estimate of drug-likeness (QED) is 0.931. The summed E-state index contributed by atoms with van der Waals surface area (Å²) in [5.41, 5.74) is 1.68. The van der Waals surface area contributed by atoms with E-state index in [9.17, 15) is 0 Å². The number of nitrogens with zero attached hydrogens (tertiary/aromatic N) is 4. The zero-order valence-corrected chi connectivity index (χ0v) is 11.8. The third kappa shape index (κ3) is 3.29. The lowest BCUT2D eigenvalue weighted by Gasteiger charge is -2.16. The zero-order valence-electron chi connectivity index (χ0n) is 11.8. The lowest BCUT2D eigenvalue weighted by molar-refractivity contribution is 0.931. The van der Waals surface area contributed by atoms with Gasteiger partial charge in [-0.1, -0.05) is 6.07 Å². The highest BCUT2D eigenvalue weighted by molar-refractivity contribution is 5.42. The van der Waals surface area contributed by atoms with Crippen molar-refractivity contribution in [2.24, 2.45) is 0 Å². The Morgan fingerprint density at radius 2 is 1.95 bits per heavy atom. The Balaban J connectivity index is 1.58. The number of aromatic nitrogens is 2. The van der Waals surface area contributed by atoms with Gasteiger partial charge in [-0.15, -0.1) is 0 Å². The highest BCUT2D eigenvalue weighted by atomic mass is 15.2. The van der Waals surface area contributed by atoms with E-state index in [1.165, 1.54) is 12.8 Å². The molecule has 0 amide bonds. The van der Waals surface area contributed by atoms with Crippen molar-refractivity contribution in [3.05, 3.63) is 47.8 Å². The van der Waals surface area contributed by atoms with E-state index in [2.05, 4.69) is 38.4 Å². The van der Waals surface area contributed by atoms with Crippen molar-refractivity contribution >= 4 is 11.6 Å². The lowest BCUT2D eigenvalue weighted by Crippen LogP contribution is -2.18. The Bertz CT molecular complexity index is 621. The maximum atomic E-state index is 8.73. The summed E-state index contributed by atoms with van der Waals surface area (Å²) in [6.07, 6.45) is 5.99. The number of nitriles is 1. The minimum absolute atomic E-state index is 0.567.